The van der Waals surface area contributed by atoms with Gasteiger partial charge in [-0.25, -0.2) is 0 Å². The van der Waals surface area contributed by atoms with Crippen LogP contribution in [0.3, 0.4) is 0 Å². The predicted molar refractivity (Wildman–Crippen MR) is 83.8 cm³/mol. The maximum absolute atomic E-state index is 12.0. The fourth-order valence-electron chi connectivity index (χ4n) is 1.51. The Kier molecular flexibility index (Phi) is 4.26. The van der Waals surface area contributed by atoms with Crippen LogP contribution in [-0.2, 0) is 7.05 Å². The van der Waals surface area contributed by atoms with E-state index < -0.39 is 0 Å². The fraction of sp³-hybridized carbons (Fsp3) is 0.0769. The summed E-state index contributed by atoms with van der Waals surface area (Å²) in [7, 11) is 1.62. The highest BCUT2D eigenvalue weighted by Gasteiger charge is 2.08. The second-order valence-electron chi connectivity index (χ2n) is 3.95. The van der Waals surface area contributed by atoms with Crippen molar-refractivity contribution in [2.45, 2.75) is 0 Å². The van der Waals surface area contributed by atoms with E-state index in [1.54, 1.807) is 37.5 Å². The van der Waals surface area contributed by atoms with Crippen molar-refractivity contribution in [3.8, 4) is 0 Å². The van der Waals surface area contributed by atoms with Crippen molar-refractivity contribution in [2.75, 3.05) is 5.32 Å². The normalized spacial score (nSPS) is 10.3. The minimum atomic E-state index is -0.267. The fourth-order valence-corrected chi connectivity index (χ4v) is 2.02. The molecule has 1 aromatic carbocycles. The molecule has 0 aliphatic rings. The molecule has 0 spiro atoms. The van der Waals surface area contributed by atoms with Gasteiger partial charge in [0.15, 0.2) is 0 Å². The third kappa shape index (κ3) is 3.36. The number of aromatic nitrogens is 1. The first kappa shape index (κ1) is 14.1. The number of carbonyl (C=O) groups excluding carboxylic acids is 1. The van der Waals surface area contributed by atoms with Crippen molar-refractivity contribution in [1.82, 2.24) is 4.57 Å². The maximum atomic E-state index is 12.0. The van der Waals surface area contributed by atoms with Crippen LogP contribution < -0.4 is 10.9 Å². The van der Waals surface area contributed by atoms with Crippen LogP contribution in [0.4, 0.5) is 5.69 Å². The molecule has 0 aliphatic carbocycles. The van der Waals surface area contributed by atoms with Crippen molar-refractivity contribution >= 4 is 45.8 Å². The topological polar surface area (TPSA) is 51.1 Å². The van der Waals surface area contributed by atoms with Crippen LogP contribution in [0.2, 0.25) is 5.02 Å². The molecule has 1 aromatic heterocycles. The van der Waals surface area contributed by atoms with E-state index in [-0.39, 0.29) is 11.5 Å². The van der Waals surface area contributed by atoms with E-state index in [1.807, 2.05) is 0 Å². The second-order valence-corrected chi connectivity index (χ2v) is 5.52. The average molecular weight is 389 g/mol. The quantitative estimate of drug-likeness (QED) is 0.804. The van der Waals surface area contributed by atoms with E-state index in [2.05, 4.69) is 27.9 Å². The van der Waals surface area contributed by atoms with E-state index in [1.165, 1.54) is 10.6 Å². The zero-order chi connectivity index (χ0) is 14.0. The second kappa shape index (κ2) is 5.75. The largest absolute Gasteiger partial charge is 0.321 e. The summed E-state index contributed by atoms with van der Waals surface area (Å²) in [5.74, 6) is -0.267. The lowest BCUT2D eigenvalue weighted by Crippen LogP contribution is -2.18. The van der Waals surface area contributed by atoms with Gasteiger partial charge in [0.1, 0.15) is 0 Å². The Bertz CT molecular complexity index is 697. The Labute approximate surface area is 128 Å². The Morgan fingerprint density at radius 3 is 2.68 bits per heavy atom. The van der Waals surface area contributed by atoms with Gasteiger partial charge in [-0.2, -0.15) is 0 Å². The van der Waals surface area contributed by atoms with Gasteiger partial charge < -0.3 is 9.88 Å². The monoisotopic (exact) mass is 388 g/mol. The summed E-state index contributed by atoms with van der Waals surface area (Å²) in [6.45, 7) is 0. The number of rotatable bonds is 2. The third-order valence-electron chi connectivity index (χ3n) is 2.53. The maximum Gasteiger partial charge on any atom is 0.255 e. The van der Waals surface area contributed by atoms with Crippen LogP contribution in [0.25, 0.3) is 0 Å². The van der Waals surface area contributed by atoms with E-state index in [0.29, 0.717) is 16.3 Å². The molecule has 6 heteroatoms. The summed E-state index contributed by atoms with van der Waals surface area (Å²) >= 11 is 8.07. The van der Waals surface area contributed by atoms with Crippen LogP contribution in [0.1, 0.15) is 10.4 Å². The lowest BCUT2D eigenvalue weighted by molar-refractivity contribution is 0.102. The van der Waals surface area contributed by atoms with Crippen LogP contribution in [0, 0.1) is 3.57 Å². The molecule has 0 radical (unpaired) electrons. The van der Waals surface area contributed by atoms with Gasteiger partial charge in [-0.1, -0.05) is 11.6 Å². The Morgan fingerprint density at radius 1 is 1.32 bits per heavy atom. The highest BCUT2D eigenvalue weighted by molar-refractivity contribution is 14.1. The third-order valence-corrected chi connectivity index (χ3v) is 4.10. The van der Waals surface area contributed by atoms with Gasteiger partial charge in [-0.3, -0.25) is 9.59 Å². The number of nitrogens with one attached hydrogen (secondary N) is 1. The molecule has 1 N–H and O–H groups in total. The number of benzene rings is 1. The highest BCUT2D eigenvalue weighted by Crippen LogP contribution is 2.20. The molecule has 4 nitrogen and oxygen atoms in total. The number of amides is 1. The van der Waals surface area contributed by atoms with Crippen molar-refractivity contribution < 1.29 is 4.79 Å². The lowest BCUT2D eigenvalue weighted by Gasteiger charge is -2.07. The number of anilines is 1. The number of aryl methyl sites for hydroxylation is 1. The average Bonchev–Trinajstić information content (AvgIpc) is 2.37. The first-order valence-corrected chi connectivity index (χ1v) is 6.86. The SMILES string of the molecule is Cn1cc(NC(=O)c2ccc(I)c(Cl)c2)ccc1=O. The Hall–Kier alpha value is -1.34. The molecular formula is C13H10ClIN2O2. The molecule has 2 rings (SSSR count). The summed E-state index contributed by atoms with van der Waals surface area (Å²) in [5, 5.41) is 3.25. The molecular weight excluding hydrogens is 379 g/mol. The lowest BCUT2D eigenvalue weighted by atomic mass is 10.2. The van der Waals surface area contributed by atoms with Crippen molar-refractivity contribution in [3.05, 3.63) is 61.0 Å². The molecule has 0 fully saturated rings. The minimum absolute atomic E-state index is 0.129. The molecule has 0 atom stereocenters. The first-order chi connectivity index (χ1) is 8.97. The van der Waals surface area contributed by atoms with Gasteiger partial charge in [0.2, 0.25) is 5.56 Å². The molecule has 0 aliphatic heterocycles. The molecule has 1 amide bonds. The van der Waals surface area contributed by atoms with Crippen molar-refractivity contribution in [2.24, 2.45) is 7.05 Å². The molecule has 0 unspecified atom stereocenters. The van der Waals surface area contributed by atoms with Crippen molar-refractivity contribution in [1.29, 1.82) is 0 Å². The van der Waals surface area contributed by atoms with Gasteiger partial charge in [0, 0.05) is 28.4 Å². The molecule has 0 saturated carbocycles. The smallest absolute Gasteiger partial charge is 0.255 e. The first-order valence-electron chi connectivity index (χ1n) is 5.40. The summed E-state index contributed by atoms with van der Waals surface area (Å²) in [4.78, 5) is 23.3. The number of nitrogens with zero attached hydrogens (tertiary/aromatic N) is 1. The number of pyridine rings is 1. The zero-order valence-corrected chi connectivity index (χ0v) is 12.9. The van der Waals surface area contributed by atoms with Gasteiger partial charge in [-0.15, -0.1) is 0 Å². The Balaban J connectivity index is 2.22. The Morgan fingerprint density at radius 2 is 2.05 bits per heavy atom. The van der Waals surface area contributed by atoms with Gasteiger partial charge in [0.05, 0.1) is 10.7 Å². The van der Waals surface area contributed by atoms with E-state index in [9.17, 15) is 9.59 Å². The summed E-state index contributed by atoms with van der Waals surface area (Å²) in [5.41, 5.74) is 0.899. The summed E-state index contributed by atoms with van der Waals surface area (Å²) < 4.78 is 2.29. The van der Waals surface area contributed by atoms with Crippen LogP contribution in [0.15, 0.2) is 41.3 Å². The molecule has 0 bridgehead atoms. The van der Waals surface area contributed by atoms with E-state index in [4.69, 9.17) is 11.6 Å². The van der Waals surface area contributed by atoms with E-state index >= 15 is 0 Å². The van der Waals surface area contributed by atoms with Gasteiger partial charge in [-0.05, 0) is 46.9 Å². The molecule has 0 saturated heterocycles. The van der Waals surface area contributed by atoms with Crippen LogP contribution >= 0.6 is 34.2 Å². The van der Waals surface area contributed by atoms with Gasteiger partial charge >= 0.3 is 0 Å². The van der Waals surface area contributed by atoms with Crippen LogP contribution in [0.5, 0.6) is 0 Å². The molecule has 1 heterocycles. The van der Waals surface area contributed by atoms with Gasteiger partial charge in [0.25, 0.3) is 5.91 Å². The van der Waals surface area contributed by atoms with E-state index in [0.717, 1.165) is 3.57 Å². The highest BCUT2D eigenvalue weighted by atomic mass is 127. The summed E-state index contributed by atoms with van der Waals surface area (Å²) in [6.07, 6.45) is 1.56. The number of hydrogen-bond donors (Lipinski definition) is 1. The predicted octanol–water partition coefficient (Wildman–Crippen LogP) is 2.90. The molecule has 19 heavy (non-hydrogen) atoms. The van der Waals surface area contributed by atoms with Crippen molar-refractivity contribution in [3.63, 3.8) is 0 Å². The summed E-state index contributed by atoms with van der Waals surface area (Å²) in [6, 6.07) is 8.05. The van der Waals surface area contributed by atoms with Crippen LogP contribution in [-0.4, -0.2) is 10.5 Å². The number of halogens is 2. The standard InChI is InChI=1S/C13H10ClIN2O2/c1-17-7-9(3-5-12(17)18)16-13(19)8-2-4-11(15)10(14)6-8/h2-7H,1H3,(H,16,19). The molecule has 98 valence electrons. The number of carbonyl (C=O) groups is 1. The minimum Gasteiger partial charge on any atom is -0.321 e. The number of hydrogen-bond acceptors (Lipinski definition) is 2. The molecule has 2 aromatic rings. The zero-order valence-electron chi connectivity index (χ0n) is 9.98.